The van der Waals surface area contributed by atoms with Crippen LogP contribution >= 0.6 is 23.2 Å². The highest BCUT2D eigenvalue weighted by atomic mass is 35.5. The van der Waals surface area contributed by atoms with E-state index in [1.54, 1.807) is 81.4 Å². The Hall–Kier alpha value is -4.65. The zero-order chi connectivity index (χ0) is 31.9. The molecule has 1 aliphatic heterocycles. The number of fused-ring (bicyclic) bond motifs is 1. The first-order chi connectivity index (χ1) is 21.5. The van der Waals surface area contributed by atoms with Gasteiger partial charge in [0.2, 0.25) is 0 Å². The lowest BCUT2D eigenvalue weighted by Crippen LogP contribution is -2.47. The zero-order valence-electron chi connectivity index (χ0n) is 24.8. The molecule has 0 aliphatic carbocycles. The van der Waals surface area contributed by atoms with Crippen molar-refractivity contribution in [3.8, 4) is 22.3 Å². The molecule has 6 rings (SSSR count). The lowest BCUT2D eigenvalue weighted by molar-refractivity contribution is -0.121. The number of ether oxygens (including phenoxy) is 1. The van der Waals surface area contributed by atoms with E-state index in [0.717, 1.165) is 4.90 Å². The Morgan fingerprint density at radius 2 is 1.38 bits per heavy atom. The molecule has 0 spiro atoms. The smallest absolute Gasteiger partial charge is 0.421 e. The third-order valence-corrected chi connectivity index (χ3v) is 8.21. The fourth-order valence-electron chi connectivity index (χ4n) is 5.84. The normalized spacial score (nSPS) is 16.0. The third kappa shape index (κ3) is 5.68. The molecule has 0 radical (unpaired) electrons. The minimum Gasteiger partial charge on any atom is -0.443 e. The van der Waals surface area contributed by atoms with Gasteiger partial charge in [0.1, 0.15) is 16.8 Å². The van der Waals surface area contributed by atoms with Gasteiger partial charge in [0, 0.05) is 22.0 Å². The summed E-state index contributed by atoms with van der Waals surface area (Å²) in [5, 5.41) is 0.962. The summed E-state index contributed by atoms with van der Waals surface area (Å²) in [5.41, 5.74) is 0.909. The quantitative estimate of drug-likeness (QED) is 0.192. The number of hydrogen-bond acceptors (Lipinski definition) is 5. The summed E-state index contributed by atoms with van der Waals surface area (Å²) in [4.78, 5) is 43.2. The van der Waals surface area contributed by atoms with E-state index < -0.39 is 28.6 Å². The molecular formula is C37H29Cl2NO5. The van der Waals surface area contributed by atoms with Crippen molar-refractivity contribution in [1.82, 2.24) is 0 Å². The predicted molar refractivity (Wildman–Crippen MR) is 177 cm³/mol. The minimum atomic E-state index is -1.43. The Kier molecular flexibility index (Phi) is 7.89. The summed E-state index contributed by atoms with van der Waals surface area (Å²) >= 11 is 12.7. The molecule has 2 heterocycles. The first-order valence-corrected chi connectivity index (χ1v) is 15.1. The fourth-order valence-corrected chi connectivity index (χ4v) is 6.22. The second kappa shape index (κ2) is 11.7. The van der Waals surface area contributed by atoms with Crippen LogP contribution in [0, 0.1) is 0 Å². The molecule has 0 saturated carbocycles. The number of rotatable bonds is 5. The number of imide groups is 1. The molecule has 1 unspecified atom stereocenters. The Morgan fingerprint density at radius 1 is 0.778 bits per heavy atom. The summed E-state index contributed by atoms with van der Waals surface area (Å²) in [6.07, 6.45) is -0.857. The molecule has 1 aromatic heterocycles. The Bertz CT molecular complexity index is 2000. The van der Waals surface area contributed by atoms with Gasteiger partial charge in [-0.2, -0.15) is 0 Å². The van der Waals surface area contributed by atoms with Gasteiger partial charge in [-0.3, -0.25) is 4.79 Å². The van der Waals surface area contributed by atoms with Gasteiger partial charge in [-0.25, -0.2) is 14.5 Å². The molecule has 1 atom stereocenters. The van der Waals surface area contributed by atoms with Crippen molar-refractivity contribution in [2.24, 2.45) is 0 Å². The van der Waals surface area contributed by atoms with E-state index in [1.807, 2.05) is 48.5 Å². The lowest BCUT2D eigenvalue weighted by atomic mass is 9.71. The fraction of sp³-hybridized carbons (Fsp3) is 0.162. The SMILES string of the molecule is CC(C)(C)OC(=O)N1C(=O)C(Cc2oc(=O)c(-c3cccc(Cl)c3)cc2-c2cccc(Cl)c2)(c2ccccc2)c2ccccc21. The number of benzene rings is 4. The molecule has 45 heavy (non-hydrogen) atoms. The maximum atomic E-state index is 14.8. The van der Waals surface area contributed by atoms with E-state index in [2.05, 4.69) is 0 Å². The van der Waals surface area contributed by atoms with E-state index in [1.165, 1.54) is 0 Å². The summed E-state index contributed by atoms with van der Waals surface area (Å²) in [5.74, 6) is -0.256. The first-order valence-electron chi connectivity index (χ1n) is 14.4. The van der Waals surface area contributed by atoms with Gasteiger partial charge >= 0.3 is 11.7 Å². The van der Waals surface area contributed by atoms with Crippen molar-refractivity contribution in [1.29, 1.82) is 0 Å². The Balaban J connectivity index is 1.61. The highest BCUT2D eigenvalue weighted by Crippen LogP contribution is 2.49. The van der Waals surface area contributed by atoms with Crippen molar-refractivity contribution in [3.05, 3.63) is 147 Å². The van der Waals surface area contributed by atoms with Gasteiger partial charge < -0.3 is 9.15 Å². The van der Waals surface area contributed by atoms with E-state index >= 15 is 0 Å². The lowest BCUT2D eigenvalue weighted by Gasteiger charge is -2.30. The molecule has 0 saturated heterocycles. The Labute approximate surface area is 270 Å². The average molecular weight is 639 g/mol. The van der Waals surface area contributed by atoms with Gasteiger partial charge in [-0.15, -0.1) is 0 Å². The van der Waals surface area contributed by atoms with Crippen molar-refractivity contribution in [2.45, 2.75) is 38.2 Å². The first kappa shape index (κ1) is 30.4. The van der Waals surface area contributed by atoms with Gasteiger partial charge in [0.15, 0.2) is 0 Å². The van der Waals surface area contributed by atoms with Crippen LogP contribution in [0.1, 0.15) is 37.7 Å². The highest BCUT2D eigenvalue weighted by molar-refractivity contribution is 6.31. The van der Waals surface area contributed by atoms with Gasteiger partial charge in [0.25, 0.3) is 5.91 Å². The van der Waals surface area contributed by atoms with Gasteiger partial charge in [-0.05, 0) is 79.4 Å². The van der Waals surface area contributed by atoms with Crippen molar-refractivity contribution in [3.63, 3.8) is 0 Å². The molecule has 5 aromatic rings. The summed E-state index contributed by atoms with van der Waals surface area (Å²) in [6.45, 7) is 5.24. The second-order valence-electron chi connectivity index (χ2n) is 11.9. The number of anilines is 1. The third-order valence-electron chi connectivity index (χ3n) is 7.74. The molecular weight excluding hydrogens is 609 g/mol. The van der Waals surface area contributed by atoms with Crippen LogP contribution in [0.2, 0.25) is 10.0 Å². The summed E-state index contributed by atoms with van der Waals surface area (Å²) in [6, 6.07) is 32.2. The maximum Gasteiger partial charge on any atom is 0.421 e. The van der Waals surface area contributed by atoms with Gasteiger partial charge in [-0.1, -0.05) is 96.0 Å². The van der Waals surface area contributed by atoms with Crippen LogP contribution in [0.25, 0.3) is 22.3 Å². The number of carbonyl (C=O) groups is 2. The van der Waals surface area contributed by atoms with Crippen LogP contribution in [-0.2, 0) is 21.4 Å². The zero-order valence-corrected chi connectivity index (χ0v) is 26.4. The molecule has 6 nitrogen and oxygen atoms in total. The topological polar surface area (TPSA) is 76.8 Å². The molecule has 226 valence electrons. The Morgan fingerprint density at radius 3 is 2.00 bits per heavy atom. The molecule has 8 heteroatoms. The van der Waals surface area contributed by atoms with E-state index in [-0.39, 0.29) is 12.2 Å². The summed E-state index contributed by atoms with van der Waals surface area (Å²) in [7, 11) is 0. The molecule has 0 fully saturated rings. The molecule has 1 aliphatic rings. The minimum absolute atomic E-state index is 0.0704. The standard InChI is InChI=1S/C37H29Cl2NO5/c1-36(2,3)45-35(43)40-31-18-8-7-17-30(31)37(34(40)42,25-13-5-4-6-14-25)22-32-28(23-11-9-15-26(38)19-23)21-29(33(41)44-32)24-12-10-16-27(39)20-24/h4-21H,22H2,1-3H3. The number of hydrogen-bond donors (Lipinski definition) is 0. The van der Waals surface area contributed by atoms with E-state index in [0.29, 0.717) is 49.1 Å². The van der Waals surface area contributed by atoms with Crippen LogP contribution in [-0.4, -0.2) is 17.6 Å². The predicted octanol–water partition coefficient (Wildman–Crippen LogP) is 9.09. The molecule has 0 N–H and O–H groups in total. The second-order valence-corrected chi connectivity index (χ2v) is 12.8. The monoisotopic (exact) mass is 637 g/mol. The number of nitrogens with zero attached hydrogens (tertiary/aromatic N) is 1. The molecule has 0 bridgehead atoms. The van der Waals surface area contributed by atoms with Crippen molar-refractivity contribution >= 4 is 40.9 Å². The van der Waals surface area contributed by atoms with Crippen LogP contribution < -0.4 is 10.5 Å². The van der Waals surface area contributed by atoms with Gasteiger partial charge in [0.05, 0.1) is 11.3 Å². The molecule has 4 aromatic carbocycles. The van der Waals surface area contributed by atoms with Crippen LogP contribution in [0.4, 0.5) is 10.5 Å². The maximum absolute atomic E-state index is 14.8. The van der Waals surface area contributed by atoms with Crippen LogP contribution in [0.5, 0.6) is 0 Å². The van der Waals surface area contributed by atoms with Crippen molar-refractivity contribution in [2.75, 3.05) is 4.90 Å². The average Bonchev–Trinajstić information content (AvgIpc) is 3.25. The molecule has 2 amide bonds. The largest absolute Gasteiger partial charge is 0.443 e. The van der Waals surface area contributed by atoms with Crippen LogP contribution in [0.3, 0.4) is 0 Å². The number of halogens is 2. The van der Waals surface area contributed by atoms with Crippen molar-refractivity contribution < 1.29 is 18.7 Å². The van der Waals surface area contributed by atoms with E-state index in [9.17, 15) is 14.4 Å². The van der Waals surface area contributed by atoms with Crippen LogP contribution in [0.15, 0.2) is 118 Å². The highest BCUT2D eigenvalue weighted by Gasteiger charge is 2.55. The number of amides is 2. The number of carbonyl (C=O) groups excluding carboxylic acids is 2. The number of para-hydroxylation sites is 1. The van der Waals surface area contributed by atoms with E-state index in [4.69, 9.17) is 32.4 Å². The summed E-state index contributed by atoms with van der Waals surface area (Å²) < 4.78 is 11.8.